The second kappa shape index (κ2) is 9.75. The predicted molar refractivity (Wildman–Crippen MR) is 178 cm³/mol. The number of hydrogen-bond donors (Lipinski definition) is 0. The van der Waals surface area contributed by atoms with Crippen molar-refractivity contribution in [1.29, 1.82) is 0 Å². The molecule has 0 N–H and O–H groups in total. The van der Waals surface area contributed by atoms with E-state index < -0.39 is 12.1 Å². The molecule has 0 unspecified atom stereocenters. The molecule has 44 heavy (non-hydrogen) atoms. The third-order valence-electron chi connectivity index (χ3n) is 7.78. The van der Waals surface area contributed by atoms with E-state index in [1.165, 1.54) is 6.07 Å². The molecule has 0 aliphatic heterocycles. The number of furan rings is 1. The Kier molecular flexibility index (Phi) is 4.09. The summed E-state index contributed by atoms with van der Waals surface area (Å²) >= 11 is 0. The molecule has 0 amide bonds. The van der Waals surface area contributed by atoms with Gasteiger partial charge in [-0.3, -0.25) is 0 Å². The third-order valence-corrected chi connectivity index (χ3v) is 7.78. The molecule has 0 atom stereocenters. The van der Waals surface area contributed by atoms with Gasteiger partial charge in [-0.1, -0.05) is 103 Å². The maximum absolute atomic E-state index is 8.82. The fraction of sp³-hybridized carbons (Fsp3) is 0. The lowest BCUT2D eigenvalue weighted by Crippen LogP contribution is -2.00. The van der Waals surface area contributed by atoms with Gasteiger partial charge in [0.15, 0.2) is 17.5 Å². The van der Waals surface area contributed by atoms with E-state index in [2.05, 4.69) is 0 Å². The normalized spacial score (nSPS) is 13.9. The quantitative estimate of drug-likeness (QED) is 0.211. The van der Waals surface area contributed by atoms with E-state index in [1.807, 2.05) is 84.9 Å². The molecular weight excluding hydrogens is 540 g/mol. The van der Waals surface area contributed by atoms with E-state index in [-0.39, 0.29) is 46.6 Å². The molecule has 0 saturated carbocycles. The second-order valence-electron chi connectivity index (χ2n) is 10.4. The first kappa shape index (κ1) is 18.5. The zero-order valence-electron chi connectivity index (χ0n) is 30.0. The minimum atomic E-state index is -0.415. The van der Waals surface area contributed by atoms with Gasteiger partial charge in [-0.15, -0.1) is 0 Å². The highest BCUT2D eigenvalue weighted by atomic mass is 16.3. The maximum Gasteiger partial charge on any atom is 0.164 e. The van der Waals surface area contributed by atoms with Crippen molar-refractivity contribution in [2.75, 3.05) is 0 Å². The van der Waals surface area contributed by atoms with Gasteiger partial charge < -0.3 is 8.98 Å². The summed E-state index contributed by atoms with van der Waals surface area (Å²) in [7, 11) is 0. The zero-order valence-corrected chi connectivity index (χ0v) is 23.0. The lowest BCUT2D eigenvalue weighted by atomic mass is 10.1. The average molecular weight is 572 g/mol. The largest absolute Gasteiger partial charge is 0.456 e. The van der Waals surface area contributed by atoms with Crippen molar-refractivity contribution in [1.82, 2.24) is 19.5 Å². The van der Waals surface area contributed by atoms with E-state index in [0.29, 0.717) is 39.7 Å². The Hall–Kier alpha value is -6.07. The lowest BCUT2D eigenvalue weighted by molar-refractivity contribution is 0.668. The molecule has 0 saturated heterocycles. The molecule has 0 radical (unpaired) electrons. The van der Waals surface area contributed by atoms with E-state index in [0.717, 1.165) is 27.5 Å². The van der Waals surface area contributed by atoms with Crippen LogP contribution in [0.25, 0.3) is 83.6 Å². The van der Waals surface area contributed by atoms with E-state index in [9.17, 15) is 0 Å². The number of aromatic nitrogens is 4. The average Bonchev–Trinajstić information content (AvgIpc) is 3.71. The lowest BCUT2D eigenvalue weighted by Gasteiger charge is -2.08. The van der Waals surface area contributed by atoms with Crippen LogP contribution in [0.15, 0.2) is 150 Å². The van der Waals surface area contributed by atoms with E-state index in [4.69, 9.17) is 29.0 Å². The first-order chi connectivity index (χ1) is 24.7. The van der Waals surface area contributed by atoms with Gasteiger partial charge in [0, 0.05) is 50.0 Å². The molecule has 3 heterocycles. The number of rotatable bonds is 4. The SMILES string of the molecule is [2H]c1cc2c3c([2H])c([2H])c([2H])c([2H])c3n(-c3ccc4c(c3)oc3cc(-c5nc(-c6ccccc6)nc(-c6ccccc6)n5)ccc34)c2c([2H])c1[2H]. The van der Waals surface area contributed by atoms with E-state index >= 15 is 0 Å². The van der Waals surface area contributed by atoms with Gasteiger partial charge in [0.2, 0.25) is 0 Å². The van der Waals surface area contributed by atoms with Crippen LogP contribution in [0.3, 0.4) is 0 Å². The van der Waals surface area contributed by atoms with Gasteiger partial charge in [-0.2, -0.15) is 0 Å². The van der Waals surface area contributed by atoms with Crippen LogP contribution in [-0.4, -0.2) is 19.5 Å². The third kappa shape index (κ3) is 3.91. The molecule has 0 bridgehead atoms. The van der Waals surface area contributed by atoms with Gasteiger partial charge >= 0.3 is 0 Å². The van der Waals surface area contributed by atoms with E-state index in [1.54, 1.807) is 16.7 Å². The highest BCUT2D eigenvalue weighted by Crippen LogP contribution is 2.36. The van der Waals surface area contributed by atoms with Crippen LogP contribution in [0.1, 0.15) is 9.60 Å². The Balaban J connectivity index is 1.24. The predicted octanol–water partition coefficient (Wildman–Crippen LogP) is 9.87. The van der Waals surface area contributed by atoms with Crippen LogP contribution in [0.2, 0.25) is 0 Å². The van der Waals surface area contributed by atoms with Crippen LogP contribution in [0, 0.1) is 0 Å². The highest BCUT2D eigenvalue weighted by Gasteiger charge is 2.16. The molecule has 3 aromatic heterocycles. The van der Waals surface area contributed by atoms with Gasteiger partial charge in [0.05, 0.1) is 20.6 Å². The molecule has 0 spiro atoms. The molecule has 0 aliphatic carbocycles. The monoisotopic (exact) mass is 571 g/mol. The standard InChI is InChI=1S/C39H24N4O/c1-3-11-25(12-4-1)37-40-38(26-13-5-2-6-14-26)42-39(41-37)27-19-21-31-32-22-20-28(24-36(32)44-35(31)23-27)43-33-17-9-7-15-29(33)30-16-8-10-18-34(30)43/h1-24H/i7D,8D,9D,10D,15D,17D,18D. The minimum absolute atomic E-state index is 0.158. The Labute approximate surface area is 262 Å². The van der Waals surface area contributed by atoms with Gasteiger partial charge in [-0.05, 0) is 36.4 Å². The van der Waals surface area contributed by atoms with Crippen LogP contribution in [-0.2, 0) is 0 Å². The molecule has 6 aromatic carbocycles. The summed E-state index contributed by atoms with van der Waals surface area (Å²) in [6, 6.07) is 29.9. The molecule has 5 nitrogen and oxygen atoms in total. The maximum atomic E-state index is 8.82. The Morgan fingerprint density at radius 1 is 0.477 bits per heavy atom. The topological polar surface area (TPSA) is 56.7 Å². The van der Waals surface area contributed by atoms with Crippen molar-refractivity contribution in [3.63, 3.8) is 0 Å². The van der Waals surface area contributed by atoms with Crippen molar-refractivity contribution >= 4 is 43.7 Å². The number of para-hydroxylation sites is 2. The molecule has 0 aliphatic rings. The Morgan fingerprint density at radius 3 is 1.75 bits per heavy atom. The van der Waals surface area contributed by atoms with Crippen molar-refractivity contribution in [3.05, 3.63) is 145 Å². The van der Waals surface area contributed by atoms with Crippen molar-refractivity contribution in [3.8, 4) is 39.9 Å². The first-order valence-electron chi connectivity index (χ1n) is 17.5. The zero-order chi connectivity index (χ0) is 35.1. The second-order valence-corrected chi connectivity index (χ2v) is 10.4. The van der Waals surface area contributed by atoms with Gasteiger partial charge in [0.1, 0.15) is 11.2 Å². The fourth-order valence-corrected chi connectivity index (χ4v) is 5.73. The number of benzene rings is 6. The fourth-order valence-electron chi connectivity index (χ4n) is 5.73. The van der Waals surface area contributed by atoms with Gasteiger partial charge in [-0.25, -0.2) is 15.0 Å². The summed E-state index contributed by atoms with van der Waals surface area (Å²) in [4.78, 5) is 14.5. The molecule has 9 rings (SSSR count). The van der Waals surface area contributed by atoms with Gasteiger partial charge in [0.25, 0.3) is 0 Å². The smallest absolute Gasteiger partial charge is 0.164 e. The summed E-state index contributed by atoms with van der Waals surface area (Å²) in [6.07, 6.45) is 0. The minimum Gasteiger partial charge on any atom is -0.456 e. The van der Waals surface area contributed by atoms with Crippen LogP contribution in [0.4, 0.5) is 0 Å². The summed E-state index contributed by atoms with van der Waals surface area (Å²) in [5, 5.41) is 2.15. The Morgan fingerprint density at radius 2 is 1.05 bits per heavy atom. The Bertz CT molecular complexity index is 2830. The number of fused-ring (bicyclic) bond motifs is 6. The summed E-state index contributed by atoms with van der Waals surface area (Å²) in [6.45, 7) is 0. The van der Waals surface area contributed by atoms with Crippen LogP contribution in [0.5, 0.6) is 0 Å². The molecule has 0 fully saturated rings. The first-order valence-corrected chi connectivity index (χ1v) is 14.0. The number of hydrogen-bond acceptors (Lipinski definition) is 4. The molecule has 5 heteroatoms. The number of nitrogens with zero attached hydrogens (tertiary/aromatic N) is 4. The molecule has 206 valence electrons. The summed E-state index contributed by atoms with van der Waals surface area (Å²) in [5.74, 6) is 1.56. The summed E-state index contributed by atoms with van der Waals surface area (Å²) in [5.41, 5.74) is 4.39. The summed E-state index contributed by atoms with van der Waals surface area (Å²) < 4.78 is 67.7. The molecule has 9 aromatic rings. The highest BCUT2D eigenvalue weighted by molar-refractivity contribution is 6.10. The molecular formula is C39H24N4O. The van der Waals surface area contributed by atoms with Crippen LogP contribution < -0.4 is 0 Å². The van der Waals surface area contributed by atoms with Crippen molar-refractivity contribution in [2.45, 2.75) is 0 Å². The van der Waals surface area contributed by atoms with Crippen molar-refractivity contribution in [2.24, 2.45) is 0 Å². The van der Waals surface area contributed by atoms with Crippen molar-refractivity contribution < 1.29 is 14.0 Å². The van der Waals surface area contributed by atoms with Crippen LogP contribution >= 0.6 is 0 Å².